The predicted octanol–water partition coefficient (Wildman–Crippen LogP) is -0.170. The van der Waals surface area contributed by atoms with Crippen molar-refractivity contribution < 1.29 is 0 Å². The first-order chi connectivity index (χ1) is 6.77. The molecule has 1 fully saturated rings. The molecule has 0 saturated heterocycles. The van der Waals surface area contributed by atoms with Crippen molar-refractivity contribution in [2.45, 2.75) is 30.9 Å². The minimum absolute atomic E-state index is 0.675. The molecular weight excluding hydrogens is 210 g/mol. The van der Waals surface area contributed by atoms with Crippen molar-refractivity contribution in [3.8, 4) is 0 Å². The van der Waals surface area contributed by atoms with E-state index in [0.717, 1.165) is 28.7 Å². The van der Waals surface area contributed by atoms with Gasteiger partial charge in [0.2, 0.25) is 0 Å². The standard InChI is InChI=1S/C9H15N3SSi/c13-9-5-1-3-7-8(4-2-6(5)9)12(14)11-10-7/h5-6,9,13H,1-4H2,14H3. The monoisotopic (exact) mass is 225 g/mol. The van der Waals surface area contributed by atoms with Crippen LogP contribution >= 0.6 is 12.6 Å². The van der Waals surface area contributed by atoms with Crippen molar-refractivity contribution in [2.24, 2.45) is 11.8 Å². The van der Waals surface area contributed by atoms with Crippen LogP contribution in [0.3, 0.4) is 0 Å². The number of hydrogen-bond acceptors (Lipinski definition) is 3. The molecule has 3 atom stereocenters. The minimum atomic E-state index is 0.675. The number of hydrogen-bond donors (Lipinski definition) is 1. The zero-order valence-electron chi connectivity index (χ0n) is 8.35. The second-order valence-electron chi connectivity index (χ2n) is 4.50. The Kier molecular flexibility index (Phi) is 1.99. The van der Waals surface area contributed by atoms with Gasteiger partial charge < -0.3 is 0 Å². The summed E-state index contributed by atoms with van der Waals surface area (Å²) in [5.74, 6) is 1.74. The van der Waals surface area contributed by atoms with Crippen molar-refractivity contribution in [1.29, 1.82) is 0 Å². The lowest BCUT2D eigenvalue weighted by atomic mass is 10.0. The van der Waals surface area contributed by atoms with Crippen LogP contribution in [-0.2, 0) is 12.8 Å². The average Bonchev–Trinajstić information content (AvgIpc) is 2.58. The van der Waals surface area contributed by atoms with E-state index in [1.54, 1.807) is 0 Å². The van der Waals surface area contributed by atoms with Gasteiger partial charge in [-0.3, -0.25) is 4.35 Å². The molecule has 0 N–H and O–H groups in total. The Morgan fingerprint density at radius 2 is 2.00 bits per heavy atom. The maximum absolute atomic E-state index is 4.61. The number of fused-ring (bicyclic) bond motifs is 2. The summed E-state index contributed by atoms with van der Waals surface area (Å²) < 4.78 is 2.07. The quantitative estimate of drug-likeness (QED) is 0.491. The highest BCUT2D eigenvalue weighted by Crippen LogP contribution is 2.50. The number of thiol groups is 1. The fourth-order valence-electron chi connectivity index (χ4n) is 2.72. The van der Waals surface area contributed by atoms with Crippen LogP contribution in [0.25, 0.3) is 0 Å². The van der Waals surface area contributed by atoms with Crippen LogP contribution in [0.15, 0.2) is 0 Å². The van der Waals surface area contributed by atoms with E-state index in [-0.39, 0.29) is 0 Å². The van der Waals surface area contributed by atoms with Crippen molar-refractivity contribution in [3.63, 3.8) is 0 Å². The second kappa shape index (κ2) is 3.10. The molecule has 0 amide bonds. The maximum Gasteiger partial charge on any atom is 0.141 e. The van der Waals surface area contributed by atoms with Gasteiger partial charge in [-0.25, -0.2) is 0 Å². The molecule has 14 heavy (non-hydrogen) atoms. The topological polar surface area (TPSA) is 30.7 Å². The van der Waals surface area contributed by atoms with E-state index in [9.17, 15) is 0 Å². The molecule has 76 valence electrons. The van der Waals surface area contributed by atoms with Gasteiger partial charge in [0.15, 0.2) is 0 Å². The zero-order valence-corrected chi connectivity index (χ0v) is 11.2. The van der Waals surface area contributed by atoms with E-state index in [4.69, 9.17) is 0 Å². The van der Waals surface area contributed by atoms with Crippen LogP contribution in [0.5, 0.6) is 0 Å². The summed E-state index contributed by atoms with van der Waals surface area (Å²) in [5, 5.41) is 9.08. The van der Waals surface area contributed by atoms with E-state index in [2.05, 4.69) is 27.3 Å². The molecule has 1 heterocycles. The third-order valence-electron chi connectivity index (χ3n) is 3.74. The van der Waals surface area contributed by atoms with Crippen molar-refractivity contribution in [3.05, 3.63) is 11.4 Å². The van der Waals surface area contributed by atoms with E-state index < -0.39 is 0 Å². The molecule has 3 rings (SSSR count). The van der Waals surface area contributed by atoms with Crippen molar-refractivity contribution >= 4 is 23.0 Å². The average molecular weight is 225 g/mol. The van der Waals surface area contributed by atoms with Gasteiger partial charge in [-0.05, 0) is 37.5 Å². The largest absolute Gasteiger partial charge is 0.289 e. The summed E-state index contributed by atoms with van der Waals surface area (Å²) in [6.45, 7) is 0. The molecule has 3 unspecified atom stereocenters. The summed E-state index contributed by atoms with van der Waals surface area (Å²) in [6, 6.07) is 0. The molecule has 3 nitrogen and oxygen atoms in total. The number of rotatable bonds is 0. The second-order valence-corrected chi connectivity index (χ2v) is 5.95. The Balaban J connectivity index is 1.87. The first kappa shape index (κ1) is 8.97. The van der Waals surface area contributed by atoms with Crippen LogP contribution in [0, 0.1) is 11.8 Å². The molecule has 0 aromatic carbocycles. The van der Waals surface area contributed by atoms with E-state index in [0.29, 0.717) is 5.25 Å². The molecule has 1 aromatic rings. The third-order valence-corrected chi connectivity index (χ3v) is 5.22. The SMILES string of the molecule is [SiH3]n1nnc2c1CCC1C(S)C1CC2. The van der Waals surface area contributed by atoms with Gasteiger partial charge in [0.25, 0.3) is 0 Å². The summed E-state index contributed by atoms with van der Waals surface area (Å²) in [6.07, 6.45) is 4.85. The van der Waals surface area contributed by atoms with Gasteiger partial charge in [0.1, 0.15) is 10.4 Å². The zero-order chi connectivity index (χ0) is 9.71. The van der Waals surface area contributed by atoms with Gasteiger partial charge in [-0.15, -0.1) is 5.10 Å². The molecular formula is C9H15N3SSi. The number of aryl methyl sites for hydroxylation is 1. The lowest BCUT2D eigenvalue weighted by molar-refractivity contribution is 0.577. The molecule has 0 radical (unpaired) electrons. The Bertz CT molecular complexity index is 365. The van der Waals surface area contributed by atoms with Gasteiger partial charge in [0, 0.05) is 5.25 Å². The normalized spacial score (nSPS) is 35.6. The molecule has 0 bridgehead atoms. The Hall–Kier alpha value is -0.293. The van der Waals surface area contributed by atoms with Crippen molar-refractivity contribution in [2.75, 3.05) is 0 Å². The Labute approximate surface area is 92.2 Å². The number of nitrogens with zero attached hydrogens (tertiary/aromatic N) is 3. The van der Waals surface area contributed by atoms with Crippen LogP contribution < -0.4 is 0 Å². The Morgan fingerprint density at radius 3 is 2.79 bits per heavy atom. The van der Waals surface area contributed by atoms with Gasteiger partial charge in [-0.2, -0.15) is 12.6 Å². The summed E-state index contributed by atoms with van der Waals surface area (Å²) in [7, 11) is 0.967. The summed E-state index contributed by atoms with van der Waals surface area (Å²) >= 11 is 4.61. The fraction of sp³-hybridized carbons (Fsp3) is 0.778. The van der Waals surface area contributed by atoms with E-state index in [1.165, 1.54) is 30.7 Å². The summed E-state index contributed by atoms with van der Waals surface area (Å²) in [5.41, 5.74) is 2.66. The van der Waals surface area contributed by atoms with E-state index >= 15 is 0 Å². The summed E-state index contributed by atoms with van der Waals surface area (Å²) in [4.78, 5) is 0. The highest BCUT2D eigenvalue weighted by molar-refractivity contribution is 7.81. The van der Waals surface area contributed by atoms with Gasteiger partial charge in [0.05, 0.1) is 11.4 Å². The molecule has 1 aromatic heterocycles. The van der Waals surface area contributed by atoms with E-state index in [1.807, 2.05) is 0 Å². The molecule has 0 aliphatic heterocycles. The fourth-order valence-corrected chi connectivity index (χ4v) is 3.93. The Morgan fingerprint density at radius 1 is 1.29 bits per heavy atom. The smallest absolute Gasteiger partial charge is 0.141 e. The van der Waals surface area contributed by atoms with Crippen LogP contribution in [0.2, 0.25) is 0 Å². The van der Waals surface area contributed by atoms with Gasteiger partial charge in [-0.1, -0.05) is 5.21 Å². The van der Waals surface area contributed by atoms with Crippen LogP contribution in [0.1, 0.15) is 24.2 Å². The van der Waals surface area contributed by atoms with Crippen LogP contribution in [-0.4, -0.2) is 30.3 Å². The molecule has 5 heteroatoms. The maximum atomic E-state index is 4.61. The highest BCUT2D eigenvalue weighted by atomic mass is 32.1. The number of aromatic nitrogens is 3. The lowest BCUT2D eigenvalue weighted by Crippen LogP contribution is -2.06. The minimum Gasteiger partial charge on any atom is -0.289 e. The predicted molar refractivity (Wildman–Crippen MR) is 61.8 cm³/mol. The highest BCUT2D eigenvalue weighted by Gasteiger charge is 2.47. The molecule has 2 aliphatic rings. The first-order valence-corrected chi connectivity index (χ1v) is 6.74. The molecule has 0 spiro atoms. The third kappa shape index (κ3) is 1.25. The molecule has 2 aliphatic carbocycles. The molecule has 1 saturated carbocycles. The van der Waals surface area contributed by atoms with Crippen LogP contribution in [0.4, 0.5) is 0 Å². The van der Waals surface area contributed by atoms with Crippen molar-refractivity contribution in [1.82, 2.24) is 14.7 Å². The lowest BCUT2D eigenvalue weighted by Gasteiger charge is -2.07. The first-order valence-electron chi connectivity index (χ1n) is 5.33. The van der Waals surface area contributed by atoms with Gasteiger partial charge >= 0.3 is 0 Å².